The maximum Gasteiger partial charge on any atom is 0.241 e. The van der Waals surface area contributed by atoms with Gasteiger partial charge in [-0.15, -0.1) is 0 Å². The number of methoxy groups -OCH3 is 1. The molecule has 0 aromatic heterocycles. The molecule has 0 spiro atoms. The molecule has 1 saturated heterocycles. The summed E-state index contributed by atoms with van der Waals surface area (Å²) in [6.45, 7) is 0.983. The van der Waals surface area contributed by atoms with Gasteiger partial charge in [-0.2, -0.15) is 0 Å². The Kier molecular flexibility index (Phi) is 5.06. The van der Waals surface area contributed by atoms with E-state index >= 15 is 0 Å². The number of hydrogen-bond donors (Lipinski definition) is 1. The lowest BCUT2D eigenvalue weighted by Crippen LogP contribution is -2.37. The number of amides is 1. The van der Waals surface area contributed by atoms with Crippen LogP contribution in [0, 0.1) is 0 Å². The zero-order valence-corrected chi connectivity index (χ0v) is 14.0. The maximum absolute atomic E-state index is 12.4. The topological polar surface area (TPSA) is 50.8 Å². The van der Waals surface area contributed by atoms with Crippen LogP contribution in [0.15, 0.2) is 18.2 Å². The molecule has 5 heteroatoms. The molecule has 5 nitrogen and oxygen atoms in total. The summed E-state index contributed by atoms with van der Waals surface area (Å²) in [5.41, 5.74) is 0.768. The number of carbonyl (C=O) groups excluding carboxylic acids is 1. The minimum absolute atomic E-state index is 0.0312. The predicted molar refractivity (Wildman–Crippen MR) is 90.2 cm³/mol. The summed E-state index contributed by atoms with van der Waals surface area (Å²) in [4.78, 5) is 14.5. The normalized spacial score (nSPS) is 22.3. The van der Waals surface area contributed by atoms with E-state index in [1.807, 2.05) is 25.2 Å². The maximum atomic E-state index is 12.4. The lowest BCUT2D eigenvalue weighted by atomic mass is 10.2. The van der Waals surface area contributed by atoms with Gasteiger partial charge < -0.3 is 14.8 Å². The zero-order valence-electron chi connectivity index (χ0n) is 14.0. The summed E-state index contributed by atoms with van der Waals surface area (Å²) in [5, 5.41) is 3.01. The van der Waals surface area contributed by atoms with Crippen LogP contribution in [0.25, 0.3) is 0 Å². The molecule has 23 heavy (non-hydrogen) atoms. The Morgan fingerprint density at radius 2 is 1.96 bits per heavy atom. The third-order valence-corrected chi connectivity index (χ3v) is 4.85. The van der Waals surface area contributed by atoms with E-state index in [2.05, 4.69) is 10.2 Å². The van der Waals surface area contributed by atoms with Crippen LogP contribution in [0.3, 0.4) is 0 Å². The van der Waals surface area contributed by atoms with Gasteiger partial charge in [0, 0.05) is 11.8 Å². The number of likely N-dealkylation sites (N-methyl/N-ethyl adjacent to an activating group) is 1. The summed E-state index contributed by atoms with van der Waals surface area (Å²) in [6.07, 6.45) is 6.88. The molecule has 2 aliphatic rings. The summed E-state index contributed by atoms with van der Waals surface area (Å²) in [7, 11) is 3.64. The van der Waals surface area contributed by atoms with Gasteiger partial charge in [0.1, 0.15) is 0 Å². The molecule has 1 aromatic carbocycles. The molecule has 1 atom stereocenters. The molecule has 1 aliphatic heterocycles. The molecule has 1 N–H and O–H groups in total. The molecule has 1 amide bonds. The van der Waals surface area contributed by atoms with E-state index in [9.17, 15) is 4.79 Å². The summed E-state index contributed by atoms with van der Waals surface area (Å²) in [5.74, 6) is 1.49. The van der Waals surface area contributed by atoms with Crippen LogP contribution in [0.2, 0.25) is 0 Å². The molecule has 1 unspecified atom stereocenters. The van der Waals surface area contributed by atoms with Crippen LogP contribution in [-0.4, -0.2) is 43.7 Å². The number of nitrogens with zero attached hydrogens (tertiary/aromatic N) is 1. The van der Waals surface area contributed by atoms with Crippen LogP contribution in [0.5, 0.6) is 11.5 Å². The first-order valence-corrected chi connectivity index (χ1v) is 8.53. The fraction of sp³-hybridized carbons (Fsp3) is 0.611. The molecule has 2 fully saturated rings. The van der Waals surface area contributed by atoms with E-state index in [0.717, 1.165) is 43.7 Å². The number of ether oxygens (including phenoxy) is 2. The van der Waals surface area contributed by atoms with Crippen LogP contribution in [0.1, 0.15) is 38.5 Å². The number of rotatable bonds is 5. The van der Waals surface area contributed by atoms with E-state index in [1.165, 1.54) is 12.8 Å². The highest BCUT2D eigenvalue weighted by Gasteiger charge is 2.28. The van der Waals surface area contributed by atoms with Gasteiger partial charge in [0.25, 0.3) is 0 Å². The largest absolute Gasteiger partial charge is 0.493 e. The second-order valence-electron chi connectivity index (χ2n) is 6.52. The molecule has 1 aromatic rings. The predicted octanol–water partition coefficient (Wildman–Crippen LogP) is 3.05. The standard InChI is InChI=1S/C18H26N2O3/c1-20-11-5-8-15(20)18(21)19-13-9-10-16(22-2)17(12-13)23-14-6-3-4-7-14/h9-10,12,14-15H,3-8,11H2,1-2H3,(H,19,21). The molecule has 1 heterocycles. The van der Waals surface area contributed by atoms with Crippen molar-refractivity contribution >= 4 is 11.6 Å². The molecule has 1 saturated carbocycles. The van der Waals surface area contributed by atoms with Gasteiger partial charge >= 0.3 is 0 Å². The van der Waals surface area contributed by atoms with Crippen molar-refractivity contribution in [2.75, 3.05) is 26.0 Å². The Morgan fingerprint density at radius 1 is 1.17 bits per heavy atom. The van der Waals surface area contributed by atoms with Crippen molar-refractivity contribution < 1.29 is 14.3 Å². The van der Waals surface area contributed by atoms with Gasteiger partial charge in [0.05, 0.1) is 19.3 Å². The smallest absolute Gasteiger partial charge is 0.241 e. The number of nitrogens with one attached hydrogen (secondary N) is 1. The van der Waals surface area contributed by atoms with E-state index in [-0.39, 0.29) is 18.1 Å². The third kappa shape index (κ3) is 3.78. The molecular formula is C18H26N2O3. The summed E-state index contributed by atoms with van der Waals surface area (Å²) >= 11 is 0. The summed E-state index contributed by atoms with van der Waals surface area (Å²) in [6, 6.07) is 5.58. The van der Waals surface area contributed by atoms with E-state index in [1.54, 1.807) is 7.11 Å². The Hall–Kier alpha value is -1.75. The first-order chi connectivity index (χ1) is 11.2. The number of likely N-dealkylation sites (tertiary alicyclic amines) is 1. The average Bonchev–Trinajstić information content (AvgIpc) is 3.19. The van der Waals surface area contributed by atoms with Gasteiger partial charge in [-0.25, -0.2) is 0 Å². The highest BCUT2D eigenvalue weighted by molar-refractivity contribution is 5.95. The SMILES string of the molecule is COc1ccc(NC(=O)C2CCCN2C)cc1OC1CCCC1. The lowest BCUT2D eigenvalue weighted by molar-refractivity contribution is -0.119. The van der Waals surface area contributed by atoms with Crippen molar-refractivity contribution in [2.24, 2.45) is 0 Å². The molecule has 126 valence electrons. The average molecular weight is 318 g/mol. The zero-order chi connectivity index (χ0) is 16.2. The van der Waals surface area contributed by atoms with Crippen molar-refractivity contribution in [3.63, 3.8) is 0 Å². The first-order valence-electron chi connectivity index (χ1n) is 8.53. The molecule has 3 rings (SSSR count). The van der Waals surface area contributed by atoms with E-state index in [4.69, 9.17) is 9.47 Å². The number of carbonyl (C=O) groups is 1. The van der Waals surface area contributed by atoms with Gasteiger partial charge in [-0.1, -0.05) is 0 Å². The van der Waals surface area contributed by atoms with Crippen LogP contribution in [0.4, 0.5) is 5.69 Å². The van der Waals surface area contributed by atoms with Crippen molar-refractivity contribution in [3.05, 3.63) is 18.2 Å². The van der Waals surface area contributed by atoms with Crippen molar-refractivity contribution in [1.82, 2.24) is 4.90 Å². The van der Waals surface area contributed by atoms with Crippen molar-refractivity contribution in [3.8, 4) is 11.5 Å². The second kappa shape index (κ2) is 7.21. The Morgan fingerprint density at radius 3 is 2.61 bits per heavy atom. The van der Waals surface area contributed by atoms with Gasteiger partial charge in [0.15, 0.2) is 11.5 Å². The van der Waals surface area contributed by atoms with Crippen molar-refractivity contribution in [1.29, 1.82) is 0 Å². The summed E-state index contributed by atoms with van der Waals surface area (Å²) < 4.78 is 11.5. The Labute approximate surface area is 137 Å². The Balaban J connectivity index is 1.70. The quantitative estimate of drug-likeness (QED) is 0.906. The highest BCUT2D eigenvalue weighted by Crippen LogP contribution is 2.34. The number of anilines is 1. The van der Waals surface area contributed by atoms with Crippen LogP contribution in [-0.2, 0) is 4.79 Å². The second-order valence-corrected chi connectivity index (χ2v) is 6.52. The van der Waals surface area contributed by atoms with Gasteiger partial charge in [-0.3, -0.25) is 9.69 Å². The van der Waals surface area contributed by atoms with Crippen LogP contribution >= 0.6 is 0 Å². The first kappa shape index (κ1) is 16.1. The van der Waals surface area contributed by atoms with E-state index in [0.29, 0.717) is 5.75 Å². The fourth-order valence-corrected chi connectivity index (χ4v) is 3.50. The minimum Gasteiger partial charge on any atom is -0.493 e. The van der Waals surface area contributed by atoms with Gasteiger partial charge in [-0.05, 0) is 64.3 Å². The van der Waals surface area contributed by atoms with E-state index < -0.39 is 0 Å². The third-order valence-electron chi connectivity index (χ3n) is 4.85. The van der Waals surface area contributed by atoms with Crippen molar-refractivity contribution in [2.45, 2.75) is 50.7 Å². The number of hydrogen-bond acceptors (Lipinski definition) is 4. The lowest BCUT2D eigenvalue weighted by Gasteiger charge is -2.20. The highest BCUT2D eigenvalue weighted by atomic mass is 16.5. The molecule has 0 bridgehead atoms. The van der Waals surface area contributed by atoms with Crippen LogP contribution < -0.4 is 14.8 Å². The fourth-order valence-electron chi connectivity index (χ4n) is 3.50. The molecular weight excluding hydrogens is 292 g/mol. The number of benzene rings is 1. The van der Waals surface area contributed by atoms with Gasteiger partial charge in [0.2, 0.25) is 5.91 Å². The molecule has 0 radical (unpaired) electrons. The minimum atomic E-state index is -0.0312. The monoisotopic (exact) mass is 318 g/mol. The molecule has 1 aliphatic carbocycles. The Bertz CT molecular complexity index is 555.